The summed E-state index contributed by atoms with van der Waals surface area (Å²) >= 11 is 0. The number of methoxy groups -OCH3 is 2. The highest BCUT2D eigenvalue weighted by atomic mass is 32.2. The molecule has 0 amide bonds. The molecule has 3 rings (SSSR count). The Labute approximate surface area is 117 Å². The standard InChI is InChI=1S/C13H15NO5S/c1-17-10-4-3-8(5-11(10)18-2)13-9-6-20(15,16)7-12(9)19-14-13/h3-5,9,12H,6-7H2,1-2H3. The van der Waals surface area contributed by atoms with Crippen LogP contribution in [-0.4, -0.2) is 46.0 Å². The van der Waals surface area contributed by atoms with Crippen molar-refractivity contribution in [2.24, 2.45) is 11.1 Å². The number of ether oxygens (including phenoxy) is 2. The van der Waals surface area contributed by atoms with E-state index in [0.717, 1.165) is 5.56 Å². The van der Waals surface area contributed by atoms with Gasteiger partial charge in [0.15, 0.2) is 27.4 Å². The van der Waals surface area contributed by atoms with Gasteiger partial charge in [-0.05, 0) is 18.2 Å². The van der Waals surface area contributed by atoms with E-state index in [1.807, 2.05) is 6.07 Å². The van der Waals surface area contributed by atoms with E-state index in [1.54, 1.807) is 26.4 Å². The molecule has 1 fully saturated rings. The Kier molecular flexibility index (Phi) is 3.08. The first kappa shape index (κ1) is 13.2. The van der Waals surface area contributed by atoms with Crippen molar-refractivity contribution in [3.8, 4) is 11.5 Å². The van der Waals surface area contributed by atoms with Crippen LogP contribution < -0.4 is 9.47 Å². The summed E-state index contributed by atoms with van der Waals surface area (Å²) in [4.78, 5) is 5.25. The number of benzene rings is 1. The first-order valence-electron chi connectivity index (χ1n) is 6.20. The average molecular weight is 297 g/mol. The fourth-order valence-electron chi connectivity index (χ4n) is 2.63. The molecule has 0 N–H and O–H groups in total. The maximum atomic E-state index is 11.7. The summed E-state index contributed by atoms with van der Waals surface area (Å²) < 4.78 is 33.8. The van der Waals surface area contributed by atoms with Gasteiger partial charge in [-0.15, -0.1) is 0 Å². The zero-order chi connectivity index (χ0) is 14.3. The van der Waals surface area contributed by atoms with Crippen LogP contribution in [-0.2, 0) is 14.7 Å². The number of sulfone groups is 1. The van der Waals surface area contributed by atoms with Gasteiger partial charge < -0.3 is 14.3 Å². The van der Waals surface area contributed by atoms with Gasteiger partial charge in [0.1, 0.15) is 0 Å². The lowest BCUT2D eigenvalue weighted by molar-refractivity contribution is 0.0882. The second kappa shape index (κ2) is 4.66. The molecule has 2 atom stereocenters. The minimum atomic E-state index is -3.04. The topological polar surface area (TPSA) is 74.2 Å². The van der Waals surface area contributed by atoms with Gasteiger partial charge in [-0.3, -0.25) is 0 Å². The monoisotopic (exact) mass is 297 g/mol. The van der Waals surface area contributed by atoms with Crippen LogP contribution in [0.25, 0.3) is 0 Å². The second-order valence-corrected chi connectivity index (χ2v) is 7.03. The highest BCUT2D eigenvalue weighted by molar-refractivity contribution is 7.91. The van der Waals surface area contributed by atoms with Crippen molar-refractivity contribution in [1.82, 2.24) is 0 Å². The molecule has 7 heteroatoms. The largest absolute Gasteiger partial charge is 0.493 e. The molecule has 20 heavy (non-hydrogen) atoms. The lowest BCUT2D eigenvalue weighted by Crippen LogP contribution is -2.21. The number of rotatable bonds is 3. The van der Waals surface area contributed by atoms with Crippen LogP contribution in [0.3, 0.4) is 0 Å². The van der Waals surface area contributed by atoms with Crippen LogP contribution in [0.4, 0.5) is 0 Å². The molecule has 1 saturated heterocycles. The van der Waals surface area contributed by atoms with Gasteiger partial charge in [0, 0.05) is 5.56 Å². The van der Waals surface area contributed by atoms with E-state index in [0.29, 0.717) is 17.2 Å². The molecule has 6 nitrogen and oxygen atoms in total. The van der Waals surface area contributed by atoms with Crippen molar-refractivity contribution in [2.45, 2.75) is 6.10 Å². The lowest BCUT2D eigenvalue weighted by atomic mass is 9.95. The maximum absolute atomic E-state index is 11.7. The summed E-state index contributed by atoms with van der Waals surface area (Å²) in [5, 5.41) is 4.04. The molecule has 0 bridgehead atoms. The number of fused-ring (bicyclic) bond motifs is 1. The van der Waals surface area contributed by atoms with Crippen molar-refractivity contribution >= 4 is 15.5 Å². The molecule has 1 aromatic carbocycles. The summed E-state index contributed by atoms with van der Waals surface area (Å²) in [7, 11) is 0.0791. The SMILES string of the molecule is COc1ccc(C2=NOC3CS(=O)(=O)CC23)cc1OC. The summed E-state index contributed by atoms with van der Waals surface area (Å²) in [5.41, 5.74) is 1.46. The van der Waals surface area contributed by atoms with E-state index in [2.05, 4.69) is 5.16 Å². The first-order valence-corrected chi connectivity index (χ1v) is 8.03. The van der Waals surface area contributed by atoms with E-state index in [1.165, 1.54) is 0 Å². The van der Waals surface area contributed by atoms with Gasteiger partial charge in [0.25, 0.3) is 0 Å². The summed E-state index contributed by atoms with van der Waals surface area (Å²) in [5.74, 6) is 1.13. The molecule has 2 aliphatic heterocycles. The molecule has 2 heterocycles. The number of hydrogen-bond donors (Lipinski definition) is 0. The van der Waals surface area contributed by atoms with Crippen molar-refractivity contribution in [3.05, 3.63) is 23.8 Å². The Morgan fingerprint density at radius 3 is 2.65 bits per heavy atom. The predicted molar refractivity (Wildman–Crippen MR) is 73.1 cm³/mol. The molecule has 2 aliphatic rings. The number of oxime groups is 1. The van der Waals surface area contributed by atoms with E-state index >= 15 is 0 Å². The molecule has 0 aromatic heterocycles. The van der Waals surface area contributed by atoms with E-state index < -0.39 is 9.84 Å². The molecule has 0 radical (unpaired) electrons. The molecule has 2 unspecified atom stereocenters. The highest BCUT2D eigenvalue weighted by Gasteiger charge is 2.46. The summed E-state index contributed by atoms with van der Waals surface area (Å²) in [6.45, 7) is 0. The van der Waals surface area contributed by atoms with Crippen LogP contribution in [0.2, 0.25) is 0 Å². The van der Waals surface area contributed by atoms with E-state index in [-0.39, 0.29) is 23.5 Å². The predicted octanol–water partition coefficient (Wildman–Crippen LogP) is 0.851. The van der Waals surface area contributed by atoms with Gasteiger partial charge in [0.05, 0.1) is 37.4 Å². The van der Waals surface area contributed by atoms with Crippen molar-refractivity contribution in [3.63, 3.8) is 0 Å². The third kappa shape index (κ3) is 2.11. The Balaban J connectivity index is 1.94. The first-order chi connectivity index (χ1) is 9.54. The molecular formula is C13H15NO5S. The number of hydrogen-bond acceptors (Lipinski definition) is 6. The maximum Gasteiger partial charge on any atom is 0.161 e. The molecular weight excluding hydrogens is 282 g/mol. The fraction of sp³-hybridized carbons (Fsp3) is 0.462. The summed E-state index contributed by atoms with van der Waals surface area (Å²) in [6.07, 6.45) is -0.358. The van der Waals surface area contributed by atoms with Crippen LogP contribution >= 0.6 is 0 Å². The minimum Gasteiger partial charge on any atom is -0.493 e. The molecule has 1 aromatic rings. The van der Waals surface area contributed by atoms with Crippen LogP contribution in [0.1, 0.15) is 5.56 Å². The van der Waals surface area contributed by atoms with Gasteiger partial charge in [-0.1, -0.05) is 5.16 Å². The Hall–Kier alpha value is -1.76. The fourth-order valence-corrected chi connectivity index (χ4v) is 4.48. The molecule has 0 aliphatic carbocycles. The Bertz CT molecular complexity index is 667. The molecule has 108 valence electrons. The third-order valence-corrected chi connectivity index (χ3v) is 5.32. The Morgan fingerprint density at radius 1 is 1.20 bits per heavy atom. The van der Waals surface area contributed by atoms with Crippen LogP contribution in [0.15, 0.2) is 23.4 Å². The van der Waals surface area contributed by atoms with Gasteiger partial charge in [-0.2, -0.15) is 0 Å². The highest BCUT2D eigenvalue weighted by Crippen LogP contribution is 2.34. The average Bonchev–Trinajstić information content (AvgIpc) is 2.92. The number of nitrogens with zero attached hydrogens (tertiary/aromatic N) is 1. The zero-order valence-corrected chi connectivity index (χ0v) is 12.0. The lowest BCUT2D eigenvalue weighted by Gasteiger charge is -2.11. The van der Waals surface area contributed by atoms with E-state index in [9.17, 15) is 8.42 Å². The quantitative estimate of drug-likeness (QED) is 0.827. The second-order valence-electron chi connectivity index (χ2n) is 4.87. The van der Waals surface area contributed by atoms with Crippen molar-refractivity contribution < 1.29 is 22.7 Å². The summed E-state index contributed by atoms with van der Waals surface area (Å²) in [6, 6.07) is 5.39. The third-order valence-electron chi connectivity index (χ3n) is 3.62. The zero-order valence-electron chi connectivity index (χ0n) is 11.2. The minimum absolute atomic E-state index is 0.0396. The van der Waals surface area contributed by atoms with Crippen LogP contribution in [0, 0.1) is 5.92 Å². The molecule has 0 spiro atoms. The van der Waals surface area contributed by atoms with Gasteiger partial charge in [0.2, 0.25) is 0 Å². The van der Waals surface area contributed by atoms with Crippen molar-refractivity contribution in [2.75, 3.05) is 25.7 Å². The smallest absolute Gasteiger partial charge is 0.161 e. The van der Waals surface area contributed by atoms with Gasteiger partial charge in [-0.25, -0.2) is 8.42 Å². The van der Waals surface area contributed by atoms with E-state index in [4.69, 9.17) is 14.3 Å². The van der Waals surface area contributed by atoms with Gasteiger partial charge >= 0.3 is 0 Å². The Morgan fingerprint density at radius 2 is 1.95 bits per heavy atom. The van der Waals surface area contributed by atoms with Crippen molar-refractivity contribution in [1.29, 1.82) is 0 Å². The normalized spacial score (nSPS) is 26.6. The van der Waals surface area contributed by atoms with Crippen LogP contribution in [0.5, 0.6) is 11.5 Å². The molecule has 0 saturated carbocycles.